The molecule has 2 fully saturated rings. The molecule has 1 aliphatic heterocycles. The van der Waals surface area contributed by atoms with Gasteiger partial charge in [-0.05, 0) is 31.4 Å². The molecule has 0 spiro atoms. The van der Waals surface area contributed by atoms with Crippen molar-refractivity contribution in [2.45, 2.75) is 70.0 Å². The van der Waals surface area contributed by atoms with Crippen LogP contribution in [0, 0.1) is 0 Å². The van der Waals surface area contributed by atoms with E-state index in [4.69, 9.17) is 0 Å². The Labute approximate surface area is 165 Å². The standard InChI is InChI=1S/C22H30N4O2/c27-21(12-14-26-16-23-20-10-6-5-9-19(20)22(26)28)24-17-11-13-25(15-17)18-7-3-1-2-4-8-18/h5-6,9-10,16-18H,1-4,7-8,11-15H2,(H,24,27). The SMILES string of the molecule is O=C(CCn1cnc2ccccc2c1=O)NC1CCN(C2CCCCCC2)C1. The molecule has 2 heterocycles. The number of hydrogen-bond acceptors (Lipinski definition) is 4. The van der Waals surface area contributed by atoms with Gasteiger partial charge in [0.05, 0.1) is 17.2 Å². The van der Waals surface area contributed by atoms with E-state index in [1.54, 1.807) is 12.4 Å². The van der Waals surface area contributed by atoms with Gasteiger partial charge in [0.1, 0.15) is 0 Å². The molecule has 1 saturated carbocycles. The summed E-state index contributed by atoms with van der Waals surface area (Å²) in [5, 5.41) is 3.77. The Bertz CT molecular complexity index is 870. The number of hydrogen-bond donors (Lipinski definition) is 1. The van der Waals surface area contributed by atoms with Gasteiger partial charge in [-0.1, -0.05) is 37.8 Å². The van der Waals surface area contributed by atoms with Crippen LogP contribution in [0.3, 0.4) is 0 Å². The number of para-hydroxylation sites is 1. The first-order valence-electron chi connectivity index (χ1n) is 10.7. The number of aromatic nitrogens is 2. The molecule has 0 bridgehead atoms. The number of benzene rings is 1. The highest BCUT2D eigenvalue weighted by atomic mass is 16.2. The first-order valence-corrected chi connectivity index (χ1v) is 10.7. The number of rotatable bonds is 5. The van der Waals surface area contributed by atoms with Crippen molar-refractivity contribution in [3.63, 3.8) is 0 Å². The van der Waals surface area contributed by atoms with E-state index in [-0.39, 0.29) is 17.5 Å². The Hall–Kier alpha value is -2.21. The minimum atomic E-state index is -0.0844. The van der Waals surface area contributed by atoms with Crippen LogP contribution in [0.5, 0.6) is 0 Å². The van der Waals surface area contributed by atoms with Gasteiger partial charge in [0.15, 0.2) is 0 Å². The Kier molecular flexibility index (Phi) is 6.05. The molecule has 1 saturated heterocycles. The number of carbonyl (C=O) groups is 1. The number of amides is 1. The van der Waals surface area contributed by atoms with Gasteiger partial charge in [0.25, 0.3) is 5.56 Å². The maximum Gasteiger partial charge on any atom is 0.261 e. The molecule has 150 valence electrons. The Morgan fingerprint density at radius 1 is 1.11 bits per heavy atom. The van der Waals surface area contributed by atoms with Crippen LogP contribution in [0.1, 0.15) is 51.4 Å². The molecule has 1 aromatic heterocycles. The summed E-state index contributed by atoms with van der Waals surface area (Å²) in [6, 6.07) is 8.25. The maximum atomic E-state index is 12.5. The Balaban J connectivity index is 1.28. The number of nitrogens with one attached hydrogen (secondary N) is 1. The summed E-state index contributed by atoms with van der Waals surface area (Å²) >= 11 is 0. The third-order valence-electron chi connectivity index (χ3n) is 6.24. The fourth-order valence-electron chi connectivity index (χ4n) is 4.65. The van der Waals surface area contributed by atoms with Crippen molar-refractivity contribution in [2.24, 2.45) is 0 Å². The number of aryl methyl sites for hydroxylation is 1. The lowest BCUT2D eigenvalue weighted by atomic mass is 10.1. The normalized spacial score (nSPS) is 21.6. The van der Waals surface area contributed by atoms with Gasteiger partial charge in [0, 0.05) is 38.1 Å². The first kappa shape index (κ1) is 19.1. The zero-order chi connectivity index (χ0) is 19.3. The van der Waals surface area contributed by atoms with E-state index in [0.717, 1.165) is 19.5 Å². The van der Waals surface area contributed by atoms with Crippen LogP contribution in [0.2, 0.25) is 0 Å². The summed E-state index contributed by atoms with van der Waals surface area (Å²) in [5.74, 6) is 0.0211. The van der Waals surface area contributed by atoms with Crippen LogP contribution >= 0.6 is 0 Å². The average Bonchev–Trinajstić information content (AvgIpc) is 2.99. The summed E-state index contributed by atoms with van der Waals surface area (Å²) in [6.45, 7) is 2.42. The van der Waals surface area contributed by atoms with Gasteiger partial charge in [-0.15, -0.1) is 0 Å². The fraction of sp³-hybridized carbons (Fsp3) is 0.591. The second-order valence-corrected chi connectivity index (χ2v) is 8.20. The van der Waals surface area contributed by atoms with Gasteiger partial charge in [-0.25, -0.2) is 4.98 Å². The van der Waals surface area contributed by atoms with Gasteiger partial charge in [-0.2, -0.15) is 0 Å². The molecule has 1 atom stereocenters. The highest BCUT2D eigenvalue weighted by Gasteiger charge is 2.29. The second kappa shape index (κ2) is 8.86. The summed E-state index contributed by atoms with van der Waals surface area (Å²) in [6.07, 6.45) is 10.9. The predicted octanol–water partition coefficient (Wildman–Crippen LogP) is 2.70. The Morgan fingerprint density at radius 2 is 1.89 bits per heavy atom. The minimum Gasteiger partial charge on any atom is -0.352 e. The molecule has 1 aromatic carbocycles. The molecular weight excluding hydrogens is 352 g/mol. The van der Waals surface area contributed by atoms with Crippen molar-refractivity contribution >= 4 is 16.8 Å². The van der Waals surface area contributed by atoms with E-state index in [2.05, 4.69) is 15.2 Å². The van der Waals surface area contributed by atoms with E-state index in [9.17, 15) is 9.59 Å². The van der Waals surface area contributed by atoms with Crippen molar-refractivity contribution in [2.75, 3.05) is 13.1 Å². The van der Waals surface area contributed by atoms with Crippen molar-refractivity contribution in [3.8, 4) is 0 Å². The van der Waals surface area contributed by atoms with Gasteiger partial charge in [0.2, 0.25) is 5.91 Å². The average molecular weight is 383 g/mol. The summed E-state index contributed by atoms with van der Waals surface area (Å²) in [5.41, 5.74) is 0.608. The molecule has 1 N–H and O–H groups in total. The minimum absolute atomic E-state index is 0.0211. The van der Waals surface area contributed by atoms with Crippen molar-refractivity contribution in [1.29, 1.82) is 0 Å². The fourth-order valence-corrected chi connectivity index (χ4v) is 4.65. The van der Waals surface area contributed by atoms with Crippen LogP contribution in [-0.4, -0.2) is 45.5 Å². The molecule has 28 heavy (non-hydrogen) atoms. The molecule has 2 aliphatic rings. The predicted molar refractivity (Wildman–Crippen MR) is 110 cm³/mol. The molecule has 6 nitrogen and oxygen atoms in total. The highest BCUT2D eigenvalue weighted by Crippen LogP contribution is 2.25. The van der Waals surface area contributed by atoms with Crippen LogP contribution in [0.4, 0.5) is 0 Å². The quantitative estimate of drug-likeness (QED) is 0.808. The van der Waals surface area contributed by atoms with Crippen LogP contribution in [-0.2, 0) is 11.3 Å². The molecule has 0 radical (unpaired) electrons. The monoisotopic (exact) mass is 382 g/mol. The number of fused-ring (bicyclic) bond motifs is 1. The molecule has 6 heteroatoms. The molecule has 1 unspecified atom stereocenters. The van der Waals surface area contributed by atoms with Crippen LogP contribution in [0.15, 0.2) is 35.4 Å². The van der Waals surface area contributed by atoms with E-state index >= 15 is 0 Å². The third-order valence-corrected chi connectivity index (χ3v) is 6.24. The first-order chi connectivity index (χ1) is 13.7. The van der Waals surface area contributed by atoms with Gasteiger partial charge >= 0.3 is 0 Å². The summed E-state index contributed by atoms with van der Waals surface area (Å²) in [4.78, 5) is 31.8. The van der Waals surface area contributed by atoms with Gasteiger partial charge < -0.3 is 5.32 Å². The van der Waals surface area contributed by atoms with Crippen LogP contribution < -0.4 is 10.9 Å². The Morgan fingerprint density at radius 3 is 2.71 bits per heavy atom. The highest BCUT2D eigenvalue weighted by molar-refractivity contribution is 5.77. The van der Waals surface area contributed by atoms with Crippen molar-refractivity contribution in [1.82, 2.24) is 19.8 Å². The molecule has 2 aromatic rings. The maximum absolute atomic E-state index is 12.5. The molecule has 4 rings (SSSR count). The van der Waals surface area contributed by atoms with Crippen molar-refractivity contribution < 1.29 is 4.79 Å². The second-order valence-electron chi connectivity index (χ2n) is 8.20. The van der Waals surface area contributed by atoms with Gasteiger partial charge in [-0.3, -0.25) is 19.1 Å². The largest absolute Gasteiger partial charge is 0.352 e. The van der Waals surface area contributed by atoms with Crippen LogP contribution in [0.25, 0.3) is 10.9 Å². The number of likely N-dealkylation sites (tertiary alicyclic amines) is 1. The van der Waals surface area contributed by atoms with E-state index in [1.165, 1.54) is 43.1 Å². The van der Waals surface area contributed by atoms with E-state index in [0.29, 0.717) is 29.9 Å². The summed E-state index contributed by atoms with van der Waals surface area (Å²) < 4.78 is 1.54. The lowest BCUT2D eigenvalue weighted by Crippen LogP contribution is -2.40. The molecular formula is C22H30N4O2. The smallest absolute Gasteiger partial charge is 0.261 e. The summed E-state index contributed by atoms with van der Waals surface area (Å²) in [7, 11) is 0. The third kappa shape index (κ3) is 4.43. The van der Waals surface area contributed by atoms with E-state index in [1.807, 2.05) is 18.2 Å². The number of carbonyl (C=O) groups excluding carboxylic acids is 1. The molecule has 1 amide bonds. The number of nitrogens with zero attached hydrogens (tertiary/aromatic N) is 3. The van der Waals surface area contributed by atoms with E-state index < -0.39 is 0 Å². The molecule has 1 aliphatic carbocycles. The topological polar surface area (TPSA) is 67.2 Å². The zero-order valence-corrected chi connectivity index (χ0v) is 16.5. The lowest BCUT2D eigenvalue weighted by molar-refractivity contribution is -0.121. The lowest BCUT2D eigenvalue weighted by Gasteiger charge is -2.26. The zero-order valence-electron chi connectivity index (χ0n) is 16.5. The van der Waals surface area contributed by atoms with Crippen molar-refractivity contribution in [3.05, 3.63) is 40.9 Å².